The summed E-state index contributed by atoms with van der Waals surface area (Å²) in [6, 6.07) is 13.7. The first kappa shape index (κ1) is 29.2. The number of hydrogen-bond acceptors (Lipinski definition) is 8. The van der Waals surface area contributed by atoms with Crippen molar-refractivity contribution in [2.75, 3.05) is 6.54 Å². The normalized spacial score (nSPS) is 18.3. The van der Waals surface area contributed by atoms with Crippen LogP contribution in [0, 0.1) is 18.3 Å². The van der Waals surface area contributed by atoms with Crippen LogP contribution in [0.1, 0.15) is 62.1 Å². The molecule has 1 unspecified atom stereocenters. The van der Waals surface area contributed by atoms with Crippen LogP contribution in [0.25, 0.3) is 0 Å². The van der Waals surface area contributed by atoms with Gasteiger partial charge in [0.05, 0.1) is 16.5 Å². The van der Waals surface area contributed by atoms with Crippen molar-refractivity contribution < 1.29 is 23.7 Å². The lowest BCUT2D eigenvalue weighted by molar-refractivity contribution is -0.287. The number of nitrogens with zero attached hydrogens (tertiary/aromatic N) is 4. The van der Waals surface area contributed by atoms with E-state index in [1.165, 1.54) is 0 Å². The van der Waals surface area contributed by atoms with Crippen LogP contribution in [0.5, 0.6) is 0 Å². The molecule has 212 valence electrons. The number of benzene rings is 2. The summed E-state index contributed by atoms with van der Waals surface area (Å²) in [4.78, 5) is 23.7. The molecule has 0 spiro atoms. The third-order valence-corrected chi connectivity index (χ3v) is 9.37. The molecule has 10 heteroatoms. The van der Waals surface area contributed by atoms with Crippen LogP contribution < -0.4 is 0 Å². The molecule has 4 rings (SSSR count). The Morgan fingerprint density at radius 3 is 2.67 bits per heavy atom. The Hall–Kier alpha value is -2.76. The average molecular weight is 557 g/mol. The van der Waals surface area contributed by atoms with E-state index in [2.05, 4.69) is 23.3 Å². The summed E-state index contributed by atoms with van der Waals surface area (Å²) in [6.45, 7) is 11.5. The van der Waals surface area contributed by atoms with Crippen molar-refractivity contribution in [3.05, 3.63) is 76.6 Å². The zero-order valence-electron chi connectivity index (χ0n) is 23.5. The molecule has 0 aliphatic carbocycles. The van der Waals surface area contributed by atoms with Crippen molar-refractivity contribution in [1.29, 1.82) is 0 Å². The van der Waals surface area contributed by atoms with Crippen LogP contribution in [0.2, 0.25) is 0 Å². The van der Waals surface area contributed by atoms with E-state index in [4.69, 9.17) is 9.78 Å². The molecule has 0 saturated carbocycles. The minimum atomic E-state index is -3.14. The van der Waals surface area contributed by atoms with Crippen molar-refractivity contribution in [3.8, 4) is 0 Å². The van der Waals surface area contributed by atoms with E-state index in [1.54, 1.807) is 10.9 Å². The fourth-order valence-corrected chi connectivity index (χ4v) is 6.65. The fraction of sp³-hybridized carbons (Fsp3) is 0.483. The predicted octanol–water partition coefficient (Wildman–Crippen LogP) is 5.96. The zero-order chi connectivity index (χ0) is 28.2. The number of rotatable bonds is 10. The van der Waals surface area contributed by atoms with Gasteiger partial charge in [-0.1, -0.05) is 55.0 Å². The van der Waals surface area contributed by atoms with Crippen LogP contribution >= 0.6 is 10.8 Å². The van der Waals surface area contributed by atoms with Gasteiger partial charge >= 0.3 is 5.97 Å². The molecule has 1 aliphatic heterocycles. The molecule has 3 aromatic rings. The van der Waals surface area contributed by atoms with E-state index < -0.39 is 22.2 Å². The highest BCUT2D eigenvalue weighted by Crippen LogP contribution is 2.56. The molecule has 0 saturated heterocycles. The van der Waals surface area contributed by atoms with E-state index in [9.17, 15) is 13.9 Å². The molecule has 2 heterocycles. The molecule has 9 nitrogen and oxygen atoms in total. The summed E-state index contributed by atoms with van der Waals surface area (Å²) in [7, 11) is -3.14. The van der Waals surface area contributed by atoms with Crippen molar-refractivity contribution in [2.24, 2.45) is 11.3 Å². The van der Waals surface area contributed by atoms with Gasteiger partial charge in [-0.3, -0.25) is 18.7 Å². The Labute approximate surface area is 232 Å². The lowest BCUT2D eigenvalue weighted by Crippen LogP contribution is -2.31. The lowest BCUT2D eigenvalue weighted by atomic mass is 9.85. The van der Waals surface area contributed by atoms with Gasteiger partial charge in [0.2, 0.25) is 0 Å². The maximum absolute atomic E-state index is 12.8. The number of carbonyl (C=O) groups is 1. The number of fused-ring (bicyclic) bond motifs is 1. The minimum Gasteiger partial charge on any atom is -0.297 e. The molecular formula is C29H40N4O5S. The molecule has 39 heavy (non-hydrogen) atoms. The molecule has 1 atom stereocenters. The maximum Gasteiger partial charge on any atom is 0.348 e. The number of aromatic nitrogens is 3. The van der Waals surface area contributed by atoms with Gasteiger partial charge in [0, 0.05) is 19.6 Å². The van der Waals surface area contributed by atoms with Crippen LogP contribution in [-0.4, -0.2) is 40.9 Å². The topological polar surface area (TPSA) is 110 Å². The van der Waals surface area contributed by atoms with Crippen molar-refractivity contribution in [2.45, 2.75) is 78.5 Å². The Kier molecular flexibility index (Phi) is 9.13. The summed E-state index contributed by atoms with van der Waals surface area (Å²) in [5.74, 6) is -0.153. The lowest BCUT2D eigenvalue weighted by Gasteiger charge is -2.43. The first-order valence-corrected chi connectivity index (χ1v) is 15.0. The zero-order valence-corrected chi connectivity index (χ0v) is 24.3. The van der Waals surface area contributed by atoms with Gasteiger partial charge in [0.25, 0.3) is 0 Å². The first-order chi connectivity index (χ1) is 18.5. The predicted molar refractivity (Wildman–Crippen MR) is 151 cm³/mol. The van der Waals surface area contributed by atoms with Gasteiger partial charge in [0.15, 0.2) is 0 Å². The summed E-state index contributed by atoms with van der Waals surface area (Å²) in [5, 5.41) is 7.92. The summed E-state index contributed by atoms with van der Waals surface area (Å²) in [5.41, 5.74) is 3.77. The average Bonchev–Trinajstić information content (AvgIpc) is 3.33. The first-order valence-electron chi connectivity index (χ1n) is 13.5. The van der Waals surface area contributed by atoms with Gasteiger partial charge in [-0.05, 0) is 74.8 Å². The molecule has 2 N–H and O–H groups in total. The van der Waals surface area contributed by atoms with Gasteiger partial charge in [0.1, 0.15) is 12.3 Å². The standard InChI is InChI=1S/C29H40N4O5S/c1-6-22-14-24-10-8-9-11-27(24)39(35,36)33(17-22)18-25-15-23(13-12-21(25)3)16-29(4,5)28(34)38-37-20-26-19-32(7-2)31-30-26/h8-13,15,19,22,35-36H,6-7,14,16-18,20H2,1-5H3. The second kappa shape index (κ2) is 12.2. The molecule has 1 aliphatic rings. The van der Waals surface area contributed by atoms with E-state index in [0.717, 1.165) is 35.1 Å². The second-order valence-electron chi connectivity index (χ2n) is 10.9. The Bertz CT molecular complexity index is 1290. The number of carbonyl (C=O) groups excluding carboxylic acids is 1. The molecule has 0 radical (unpaired) electrons. The number of hydrogen-bond donors (Lipinski definition) is 2. The number of aryl methyl sites for hydroxylation is 2. The van der Waals surface area contributed by atoms with E-state index >= 15 is 0 Å². The highest BCUT2D eigenvalue weighted by atomic mass is 32.3. The van der Waals surface area contributed by atoms with Gasteiger partial charge in [-0.25, -0.2) is 4.79 Å². The Morgan fingerprint density at radius 2 is 1.95 bits per heavy atom. The van der Waals surface area contributed by atoms with Crippen LogP contribution in [0.4, 0.5) is 0 Å². The molecular weight excluding hydrogens is 516 g/mol. The molecule has 0 fully saturated rings. The summed E-state index contributed by atoms with van der Waals surface area (Å²) in [6.07, 6.45) is 3.96. The van der Waals surface area contributed by atoms with E-state index in [1.807, 2.05) is 68.4 Å². The van der Waals surface area contributed by atoms with Crippen molar-refractivity contribution in [1.82, 2.24) is 19.3 Å². The third-order valence-electron chi connectivity index (χ3n) is 7.39. The SMILES string of the molecule is CCC1Cc2ccccc2S(O)(O)N(Cc2cc(CC(C)(C)C(=O)OOCc3cn(CC)nn3)ccc2C)C1. The highest BCUT2D eigenvalue weighted by Gasteiger charge is 2.34. The molecule has 1 aromatic heterocycles. The summed E-state index contributed by atoms with van der Waals surface area (Å²) < 4.78 is 26.3. The summed E-state index contributed by atoms with van der Waals surface area (Å²) >= 11 is 0. The van der Waals surface area contributed by atoms with E-state index in [0.29, 0.717) is 42.6 Å². The molecule has 2 aromatic carbocycles. The molecule has 0 bridgehead atoms. The smallest absolute Gasteiger partial charge is 0.297 e. The van der Waals surface area contributed by atoms with Gasteiger partial charge < -0.3 is 0 Å². The maximum atomic E-state index is 12.8. The third kappa shape index (κ3) is 6.88. The monoisotopic (exact) mass is 556 g/mol. The quantitative estimate of drug-likeness (QED) is 0.233. The molecule has 0 amide bonds. The highest BCUT2D eigenvalue weighted by molar-refractivity contribution is 8.22. The largest absolute Gasteiger partial charge is 0.348 e. The Morgan fingerprint density at radius 1 is 1.18 bits per heavy atom. The van der Waals surface area contributed by atoms with Crippen molar-refractivity contribution in [3.63, 3.8) is 0 Å². The second-order valence-corrected chi connectivity index (χ2v) is 12.9. The van der Waals surface area contributed by atoms with Gasteiger partial charge in [-0.15, -0.1) is 15.9 Å². The van der Waals surface area contributed by atoms with Crippen molar-refractivity contribution >= 4 is 16.7 Å². The minimum absolute atomic E-state index is 0.0284. The van der Waals surface area contributed by atoms with Crippen LogP contribution in [0.15, 0.2) is 53.6 Å². The van der Waals surface area contributed by atoms with Crippen LogP contribution in [0.3, 0.4) is 0 Å². The Balaban J connectivity index is 1.46. The van der Waals surface area contributed by atoms with E-state index in [-0.39, 0.29) is 6.61 Å². The van der Waals surface area contributed by atoms with Gasteiger partial charge in [-0.2, -0.15) is 9.19 Å². The fourth-order valence-electron chi connectivity index (χ4n) is 4.87. The van der Waals surface area contributed by atoms with Crippen LogP contribution in [-0.2, 0) is 47.1 Å².